The number of methoxy groups -OCH3 is 2. The highest BCUT2D eigenvalue weighted by Crippen LogP contribution is 2.38. The summed E-state index contributed by atoms with van der Waals surface area (Å²) in [6.07, 6.45) is 0. The number of hydrogen-bond acceptors (Lipinski definition) is 4. The van der Waals surface area contributed by atoms with Gasteiger partial charge >= 0.3 is 0 Å². The molecule has 2 aromatic carbocycles. The molecule has 0 atom stereocenters. The van der Waals surface area contributed by atoms with Crippen molar-refractivity contribution in [2.24, 2.45) is 0 Å². The van der Waals surface area contributed by atoms with E-state index in [9.17, 15) is 5.26 Å². The van der Waals surface area contributed by atoms with Crippen LogP contribution in [-0.4, -0.2) is 14.2 Å². The van der Waals surface area contributed by atoms with Gasteiger partial charge < -0.3 is 13.9 Å². The molecule has 4 heteroatoms. The summed E-state index contributed by atoms with van der Waals surface area (Å²) in [5.74, 6) is 2.25. The largest absolute Gasteiger partial charge is 0.497 e. The number of benzene rings is 2. The zero-order valence-corrected chi connectivity index (χ0v) is 14.2. The molecule has 24 heavy (non-hydrogen) atoms. The minimum atomic E-state index is -0.679. The summed E-state index contributed by atoms with van der Waals surface area (Å²) in [6.45, 7) is 3.74. The Morgan fingerprint density at radius 3 is 2.21 bits per heavy atom. The summed E-state index contributed by atoms with van der Waals surface area (Å²) < 4.78 is 16.7. The van der Waals surface area contributed by atoms with Crippen LogP contribution in [-0.2, 0) is 5.41 Å². The molecule has 3 aromatic rings. The minimum Gasteiger partial charge on any atom is -0.497 e. The molecule has 0 bridgehead atoms. The fourth-order valence-corrected chi connectivity index (χ4v) is 2.67. The van der Waals surface area contributed by atoms with Crippen molar-refractivity contribution in [3.05, 3.63) is 48.0 Å². The number of nitrogens with zero attached hydrogens (tertiary/aromatic N) is 1. The summed E-state index contributed by atoms with van der Waals surface area (Å²) in [5.41, 5.74) is 1.81. The van der Waals surface area contributed by atoms with Gasteiger partial charge in [0.1, 0.15) is 22.8 Å². The standard InChI is InChI=1S/C20H19NO3/c1-20(2,12-21)17-11-16(23-4)9-14-10-18(24-19(14)17)13-5-7-15(22-3)8-6-13/h5-11H,1-4H3. The van der Waals surface area contributed by atoms with Gasteiger partial charge in [-0.05, 0) is 56.3 Å². The molecule has 0 N–H and O–H groups in total. The highest BCUT2D eigenvalue weighted by atomic mass is 16.5. The van der Waals surface area contributed by atoms with Crippen molar-refractivity contribution in [2.75, 3.05) is 14.2 Å². The second-order valence-corrected chi connectivity index (χ2v) is 6.17. The van der Waals surface area contributed by atoms with E-state index in [4.69, 9.17) is 13.9 Å². The third-order valence-electron chi connectivity index (χ3n) is 4.15. The monoisotopic (exact) mass is 321 g/mol. The average Bonchev–Trinajstić information content (AvgIpc) is 3.04. The predicted molar refractivity (Wildman–Crippen MR) is 93.4 cm³/mol. The lowest BCUT2D eigenvalue weighted by Crippen LogP contribution is -2.14. The van der Waals surface area contributed by atoms with Gasteiger partial charge in [-0.2, -0.15) is 5.26 Å². The highest BCUT2D eigenvalue weighted by molar-refractivity contribution is 5.88. The van der Waals surface area contributed by atoms with Crippen molar-refractivity contribution in [3.63, 3.8) is 0 Å². The molecule has 122 valence electrons. The molecular weight excluding hydrogens is 302 g/mol. The van der Waals surface area contributed by atoms with Crippen LogP contribution in [0.5, 0.6) is 11.5 Å². The van der Waals surface area contributed by atoms with Crippen LogP contribution >= 0.6 is 0 Å². The quantitative estimate of drug-likeness (QED) is 0.684. The van der Waals surface area contributed by atoms with E-state index in [1.165, 1.54) is 0 Å². The molecule has 0 saturated carbocycles. The van der Waals surface area contributed by atoms with Crippen molar-refractivity contribution >= 4 is 11.0 Å². The number of hydrogen-bond donors (Lipinski definition) is 0. The third kappa shape index (κ3) is 2.69. The average molecular weight is 321 g/mol. The van der Waals surface area contributed by atoms with Gasteiger partial charge in [0.2, 0.25) is 0 Å². The first kappa shape index (κ1) is 15.9. The van der Waals surface area contributed by atoms with Crippen molar-refractivity contribution in [1.82, 2.24) is 0 Å². The predicted octanol–water partition coefficient (Wildman–Crippen LogP) is 4.92. The molecule has 0 aliphatic rings. The van der Waals surface area contributed by atoms with E-state index in [0.717, 1.165) is 28.0 Å². The second kappa shape index (κ2) is 5.93. The van der Waals surface area contributed by atoms with E-state index >= 15 is 0 Å². The molecule has 0 aliphatic heterocycles. The summed E-state index contributed by atoms with van der Waals surface area (Å²) >= 11 is 0. The Morgan fingerprint density at radius 2 is 1.62 bits per heavy atom. The molecule has 4 nitrogen and oxygen atoms in total. The maximum Gasteiger partial charge on any atom is 0.139 e. The van der Waals surface area contributed by atoms with Gasteiger partial charge in [-0.3, -0.25) is 0 Å². The van der Waals surface area contributed by atoms with Crippen LogP contribution < -0.4 is 9.47 Å². The second-order valence-electron chi connectivity index (χ2n) is 6.17. The Balaban J connectivity index is 2.19. The molecular formula is C20H19NO3. The first-order valence-corrected chi connectivity index (χ1v) is 7.66. The Bertz CT molecular complexity index is 914. The maximum atomic E-state index is 9.51. The third-order valence-corrected chi connectivity index (χ3v) is 4.15. The van der Waals surface area contributed by atoms with Gasteiger partial charge in [0, 0.05) is 16.5 Å². The lowest BCUT2D eigenvalue weighted by molar-refractivity contribution is 0.414. The number of nitriles is 1. The van der Waals surface area contributed by atoms with Crippen molar-refractivity contribution in [2.45, 2.75) is 19.3 Å². The molecule has 0 amide bonds. The minimum absolute atomic E-state index is 0.679. The number of ether oxygens (including phenoxy) is 2. The van der Waals surface area contributed by atoms with Gasteiger partial charge in [0.25, 0.3) is 0 Å². The van der Waals surface area contributed by atoms with Crippen molar-refractivity contribution in [1.29, 1.82) is 5.26 Å². The van der Waals surface area contributed by atoms with Crippen LogP contribution in [0.15, 0.2) is 46.9 Å². The zero-order chi connectivity index (χ0) is 17.3. The number of furan rings is 1. The fraction of sp³-hybridized carbons (Fsp3) is 0.250. The molecule has 1 aromatic heterocycles. The van der Waals surface area contributed by atoms with E-state index in [-0.39, 0.29) is 0 Å². The molecule has 1 heterocycles. The molecule has 3 rings (SSSR count). The summed E-state index contributed by atoms with van der Waals surface area (Å²) in [6, 6.07) is 15.8. The molecule has 0 saturated heterocycles. The van der Waals surface area contributed by atoms with Crippen LogP contribution in [0.3, 0.4) is 0 Å². The van der Waals surface area contributed by atoms with Gasteiger partial charge in [0.05, 0.1) is 25.7 Å². The summed E-state index contributed by atoms with van der Waals surface area (Å²) in [4.78, 5) is 0. The van der Waals surface area contributed by atoms with Crippen LogP contribution in [0.4, 0.5) is 0 Å². The van der Waals surface area contributed by atoms with Gasteiger partial charge in [-0.25, -0.2) is 0 Å². The topological polar surface area (TPSA) is 55.4 Å². The lowest BCUT2D eigenvalue weighted by Gasteiger charge is -2.17. The van der Waals surface area contributed by atoms with E-state index in [1.807, 2.05) is 56.3 Å². The normalized spacial score (nSPS) is 11.3. The Kier molecular flexibility index (Phi) is 3.94. The first-order chi connectivity index (χ1) is 11.5. The molecule has 0 fully saturated rings. The van der Waals surface area contributed by atoms with Crippen LogP contribution in [0.25, 0.3) is 22.3 Å². The smallest absolute Gasteiger partial charge is 0.139 e. The van der Waals surface area contributed by atoms with Crippen LogP contribution in [0, 0.1) is 11.3 Å². The maximum absolute atomic E-state index is 9.51. The van der Waals surface area contributed by atoms with E-state index in [0.29, 0.717) is 11.3 Å². The molecule has 0 aliphatic carbocycles. The zero-order valence-electron chi connectivity index (χ0n) is 14.2. The van der Waals surface area contributed by atoms with Crippen LogP contribution in [0.1, 0.15) is 19.4 Å². The Morgan fingerprint density at radius 1 is 0.958 bits per heavy atom. The molecule has 0 radical (unpaired) electrons. The van der Waals surface area contributed by atoms with E-state index in [2.05, 4.69) is 6.07 Å². The van der Waals surface area contributed by atoms with Gasteiger partial charge in [-0.15, -0.1) is 0 Å². The lowest BCUT2D eigenvalue weighted by atomic mass is 9.85. The highest BCUT2D eigenvalue weighted by Gasteiger charge is 2.26. The van der Waals surface area contributed by atoms with Crippen LogP contribution in [0.2, 0.25) is 0 Å². The Labute approximate surface area is 141 Å². The molecule has 0 unspecified atom stereocenters. The van der Waals surface area contributed by atoms with Crippen molar-refractivity contribution < 1.29 is 13.9 Å². The first-order valence-electron chi connectivity index (χ1n) is 7.66. The fourth-order valence-electron chi connectivity index (χ4n) is 2.67. The molecule has 0 spiro atoms. The number of rotatable bonds is 4. The summed E-state index contributed by atoms with van der Waals surface area (Å²) in [7, 11) is 3.26. The summed E-state index contributed by atoms with van der Waals surface area (Å²) in [5, 5.41) is 10.4. The van der Waals surface area contributed by atoms with E-state index < -0.39 is 5.41 Å². The van der Waals surface area contributed by atoms with Gasteiger partial charge in [0.15, 0.2) is 0 Å². The van der Waals surface area contributed by atoms with E-state index in [1.54, 1.807) is 14.2 Å². The Hall–Kier alpha value is -2.93. The van der Waals surface area contributed by atoms with Gasteiger partial charge in [-0.1, -0.05) is 0 Å². The van der Waals surface area contributed by atoms with Crippen molar-refractivity contribution in [3.8, 4) is 28.9 Å². The SMILES string of the molecule is COc1ccc(-c2cc3cc(OC)cc(C(C)(C)C#N)c3o2)cc1. The number of fused-ring (bicyclic) bond motifs is 1.